The van der Waals surface area contributed by atoms with E-state index in [1.807, 2.05) is 0 Å². The van der Waals surface area contributed by atoms with Crippen molar-refractivity contribution < 1.29 is 9.47 Å². The summed E-state index contributed by atoms with van der Waals surface area (Å²) in [6, 6.07) is 0.0185. The molecule has 58 valence electrons. The minimum Gasteiger partial charge on any atom is -0.383 e. The molecule has 0 aromatic carbocycles. The first-order valence-corrected chi connectivity index (χ1v) is 2.54. The molecule has 0 rings (SSSR count). The Morgan fingerprint density at radius 3 is 1.78 bits per heavy atom. The second kappa shape index (κ2) is 8.17. The van der Waals surface area contributed by atoms with Gasteiger partial charge in [-0.3, -0.25) is 0 Å². The number of ether oxygens (including phenoxy) is 2. The molecular weight excluding hydrogens is 142 g/mol. The van der Waals surface area contributed by atoms with E-state index in [1.165, 1.54) is 0 Å². The van der Waals surface area contributed by atoms with Gasteiger partial charge in [-0.1, -0.05) is 0 Å². The summed E-state index contributed by atoms with van der Waals surface area (Å²) in [7, 11) is 3.24. The minimum atomic E-state index is 0. The quantitative estimate of drug-likeness (QED) is 0.623. The van der Waals surface area contributed by atoms with Crippen LogP contribution in [-0.4, -0.2) is 33.5 Å². The van der Waals surface area contributed by atoms with Gasteiger partial charge < -0.3 is 15.2 Å². The van der Waals surface area contributed by atoms with E-state index in [9.17, 15) is 0 Å². The second-order valence-electron chi connectivity index (χ2n) is 1.67. The average Bonchev–Trinajstić information content (AvgIpc) is 1.68. The van der Waals surface area contributed by atoms with Crippen molar-refractivity contribution in [2.45, 2.75) is 6.04 Å². The molecule has 3 nitrogen and oxygen atoms in total. The number of hydrogen-bond donors (Lipinski definition) is 1. The van der Waals surface area contributed by atoms with Gasteiger partial charge in [0.15, 0.2) is 0 Å². The van der Waals surface area contributed by atoms with Gasteiger partial charge in [-0.2, -0.15) is 0 Å². The van der Waals surface area contributed by atoms with E-state index in [2.05, 4.69) is 0 Å². The molecule has 4 heteroatoms. The van der Waals surface area contributed by atoms with Crippen LogP contribution >= 0.6 is 12.4 Å². The fourth-order valence-electron chi connectivity index (χ4n) is 0.476. The van der Waals surface area contributed by atoms with Gasteiger partial charge in [-0.25, -0.2) is 0 Å². The lowest BCUT2D eigenvalue weighted by Crippen LogP contribution is -2.30. The predicted octanol–water partition coefficient (Wildman–Crippen LogP) is 0.0283. The van der Waals surface area contributed by atoms with Crippen LogP contribution in [0.4, 0.5) is 0 Å². The highest BCUT2D eigenvalue weighted by Crippen LogP contribution is 1.78. The molecule has 0 aromatic rings. The number of nitrogens with two attached hydrogens (primary N) is 1. The van der Waals surface area contributed by atoms with Crippen LogP contribution in [0.5, 0.6) is 0 Å². The molecule has 2 N–H and O–H groups in total. The molecule has 0 fully saturated rings. The van der Waals surface area contributed by atoms with E-state index in [4.69, 9.17) is 15.2 Å². The van der Waals surface area contributed by atoms with Gasteiger partial charge in [0.05, 0.1) is 19.3 Å². The van der Waals surface area contributed by atoms with Crippen molar-refractivity contribution in [1.82, 2.24) is 0 Å². The molecule has 0 aliphatic carbocycles. The van der Waals surface area contributed by atoms with Crippen molar-refractivity contribution in [2.75, 3.05) is 27.4 Å². The van der Waals surface area contributed by atoms with E-state index in [0.717, 1.165) is 0 Å². The van der Waals surface area contributed by atoms with Crippen molar-refractivity contribution in [3.05, 3.63) is 0 Å². The SMILES string of the molecule is COCC(N)COC.Cl. The Morgan fingerprint density at radius 1 is 1.22 bits per heavy atom. The first-order valence-electron chi connectivity index (χ1n) is 2.54. The Balaban J connectivity index is 0. The third kappa shape index (κ3) is 8.17. The molecule has 9 heavy (non-hydrogen) atoms. The maximum atomic E-state index is 5.44. The van der Waals surface area contributed by atoms with E-state index >= 15 is 0 Å². The Labute approximate surface area is 61.9 Å². The van der Waals surface area contributed by atoms with Crippen molar-refractivity contribution in [3.63, 3.8) is 0 Å². The van der Waals surface area contributed by atoms with Gasteiger partial charge in [0.2, 0.25) is 0 Å². The lowest BCUT2D eigenvalue weighted by Gasteiger charge is -2.06. The summed E-state index contributed by atoms with van der Waals surface area (Å²) in [4.78, 5) is 0. The van der Waals surface area contributed by atoms with Crippen LogP contribution in [-0.2, 0) is 9.47 Å². The average molecular weight is 156 g/mol. The van der Waals surface area contributed by atoms with Gasteiger partial charge in [0.25, 0.3) is 0 Å². The first kappa shape index (κ1) is 11.9. The maximum Gasteiger partial charge on any atom is 0.0636 e. The lowest BCUT2D eigenvalue weighted by molar-refractivity contribution is 0.119. The Hall–Kier alpha value is 0.170. The van der Waals surface area contributed by atoms with Crippen molar-refractivity contribution in [1.29, 1.82) is 0 Å². The molecule has 0 unspecified atom stereocenters. The zero-order valence-electron chi connectivity index (χ0n) is 5.79. The molecule has 0 radical (unpaired) electrons. The Bertz CT molecular complexity index is 48.2. The molecule has 0 saturated carbocycles. The molecule has 0 aliphatic heterocycles. The van der Waals surface area contributed by atoms with E-state index < -0.39 is 0 Å². The van der Waals surface area contributed by atoms with Crippen LogP contribution < -0.4 is 5.73 Å². The Morgan fingerprint density at radius 2 is 1.56 bits per heavy atom. The lowest BCUT2D eigenvalue weighted by atomic mass is 10.4. The highest BCUT2D eigenvalue weighted by molar-refractivity contribution is 5.85. The van der Waals surface area contributed by atoms with E-state index in [-0.39, 0.29) is 18.4 Å². The summed E-state index contributed by atoms with van der Waals surface area (Å²) in [5, 5.41) is 0. The van der Waals surface area contributed by atoms with Crippen molar-refractivity contribution in [3.8, 4) is 0 Å². The van der Waals surface area contributed by atoms with Crippen LogP contribution in [0.1, 0.15) is 0 Å². The highest BCUT2D eigenvalue weighted by atomic mass is 35.5. The van der Waals surface area contributed by atoms with E-state index in [1.54, 1.807) is 14.2 Å². The number of halogens is 1. The molecule has 0 spiro atoms. The van der Waals surface area contributed by atoms with Crippen LogP contribution in [0, 0.1) is 0 Å². The fourth-order valence-corrected chi connectivity index (χ4v) is 0.476. The third-order valence-corrected chi connectivity index (χ3v) is 0.761. The summed E-state index contributed by atoms with van der Waals surface area (Å²) in [6.07, 6.45) is 0. The molecule has 0 bridgehead atoms. The highest BCUT2D eigenvalue weighted by Gasteiger charge is 1.97. The second-order valence-corrected chi connectivity index (χ2v) is 1.67. The number of methoxy groups -OCH3 is 2. The fraction of sp³-hybridized carbons (Fsp3) is 1.00. The summed E-state index contributed by atoms with van der Waals surface area (Å²) in [6.45, 7) is 1.13. The topological polar surface area (TPSA) is 44.5 Å². The summed E-state index contributed by atoms with van der Waals surface area (Å²) < 4.78 is 9.50. The van der Waals surface area contributed by atoms with Crippen LogP contribution in [0.2, 0.25) is 0 Å². The van der Waals surface area contributed by atoms with Crippen LogP contribution in [0.3, 0.4) is 0 Å². The van der Waals surface area contributed by atoms with Gasteiger partial charge >= 0.3 is 0 Å². The molecule has 0 saturated heterocycles. The predicted molar refractivity (Wildman–Crippen MR) is 39.0 cm³/mol. The standard InChI is InChI=1S/C5H13NO2.ClH/c1-7-3-5(6)4-8-2;/h5H,3-4,6H2,1-2H3;1H. The van der Waals surface area contributed by atoms with Gasteiger partial charge in [0.1, 0.15) is 0 Å². The first-order chi connectivity index (χ1) is 3.81. The summed E-state index contributed by atoms with van der Waals surface area (Å²) in [5.74, 6) is 0. The zero-order chi connectivity index (χ0) is 6.41. The summed E-state index contributed by atoms with van der Waals surface area (Å²) >= 11 is 0. The zero-order valence-corrected chi connectivity index (χ0v) is 6.61. The molecule has 0 heterocycles. The number of hydrogen-bond acceptors (Lipinski definition) is 3. The Kier molecular flexibility index (Phi) is 10.8. The number of rotatable bonds is 4. The molecule has 0 aliphatic rings. The smallest absolute Gasteiger partial charge is 0.0636 e. The van der Waals surface area contributed by atoms with Crippen LogP contribution in [0.15, 0.2) is 0 Å². The molecule has 0 amide bonds. The van der Waals surface area contributed by atoms with Gasteiger partial charge in [-0.05, 0) is 0 Å². The van der Waals surface area contributed by atoms with Crippen molar-refractivity contribution in [2.24, 2.45) is 5.73 Å². The normalized spacial score (nSPS) is 9.33. The summed E-state index contributed by atoms with van der Waals surface area (Å²) in [5.41, 5.74) is 5.44. The monoisotopic (exact) mass is 155 g/mol. The molecular formula is C5H14ClNO2. The van der Waals surface area contributed by atoms with Gasteiger partial charge in [0, 0.05) is 14.2 Å². The van der Waals surface area contributed by atoms with Gasteiger partial charge in [-0.15, -0.1) is 12.4 Å². The largest absolute Gasteiger partial charge is 0.383 e. The van der Waals surface area contributed by atoms with Crippen molar-refractivity contribution >= 4 is 12.4 Å². The van der Waals surface area contributed by atoms with E-state index in [0.29, 0.717) is 13.2 Å². The molecule has 0 atom stereocenters. The van der Waals surface area contributed by atoms with Crippen LogP contribution in [0.25, 0.3) is 0 Å². The minimum absolute atomic E-state index is 0. The third-order valence-electron chi connectivity index (χ3n) is 0.761. The maximum absolute atomic E-state index is 5.44. The molecule has 0 aromatic heterocycles.